The Morgan fingerprint density at radius 2 is 2.12 bits per heavy atom. The lowest BCUT2D eigenvalue weighted by Gasteiger charge is -2.22. The molecule has 25 heavy (non-hydrogen) atoms. The molecule has 0 radical (unpaired) electrons. The van der Waals surface area contributed by atoms with Gasteiger partial charge in [-0.25, -0.2) is 9.98 Å². The van der Waals surface area contributed by atoms with Crippen molar-refractivity contribution in [3.8, 4) is 0 Å². The van der Waals surface area contributed by atoms with E-state index in [0.717, 1.165) is 42.9 Å². The third-order valence-electron chi connectivity index (χ3n) is 4.18. The van der Waals surface area contributed by atoms with Crippen LogP contribution in [0.4, 0.5) is 5.13 Å². The fourth-order valence-corrected chi connectivity index (χ4v) is 3.59. The second-order valence-electron chi connectivity index (χ2n) is 6.62. The summed E-state index contributed by atoms with van der Waals surface area (Å²) in [7, 11) is 4.01. The van der Waals surface area contributed by atoms with Crippen LogP contribution in [0, 0.1) is 0 Å². The van der Waals surface area contributed by atoms with Gasteiger partial charge in [-0.05, 0) is 26.2 Å². The molecule has 0 aliphatic heterocycles. The molecule has 0 aromatic carbocycles. The number of hydrogen-bond donors (Lipinski definition) is 2. The van der Waals surface area contributed by atoms with Crippen LogP contribution in [0.15, 0.2) is 10.4 Å². The molecule has 0 unspecified atom stereocenters. The Labute approximate surface area is 156 Å². The molecule has 1 aliphatic rings. The third kappa shape index (κ3) is 7.61. The van der Waals surface area contributed by atoms with Gasteiger partial charge >= 0.3 is 0 Å². The van der Waals surface area contributed by atoms with E-state index in [9.17, 15) is 0 Å². The van der Waals surface area contributed by atoms with Gasteiger partial charge in [0.1, 0.15) is 0 Å². The Hall–Kier alpha value is -1.34. The monoisotopic (exact) mass is 367 g/mol. The van der Waals surface area contributed by atoms with Crippen molar-refractivity contribution >= 4 is 22.4 Å². The van der Waals surface area contributed by atoms with Crippen LogP contribution in [0.3, 0.4) is 0 Å². The molecular weight excluding hydrogens is 334 g/mol. The van der Waals surface area contributed by atoms with Crippen molar-refractivity contribution in [1.29, 1.82) is 0 Å². The number of hydrogen-bond acceptors (Lipinski definition) is 5. The number of rotatable bonds is 9. The summed E-state index contributed by atoms with van der Waals surface area (Å²) in [5, 5.41) is 9.75. The Bertz CT molecular complexity index is 511. The van der Waals surface area contributed by atoms with Crippen molar-refractivity contribution in [2.45, 2.75) is 58.1 Å². The highest BCUT2D eigenvalue weighted by molar-refractivity contribution is 7.13. The average molecular weight is 368 g/mol. The molecule has 1 heterocycles. The quantitative estimate of drug-likeness (QED) is 0.399. The first kappa shape index (κ1) is 20.0. The molecule has 1 fully saturated rings. The van der Waals surface area contributed by atoms with Crippen LogP contribution in [0.2, 0.25) is 0 Å². The van der Waals surface area contributed by atoms with Gasteiger partial charge in [0, 0.05) is 39.2 Å². The van der Waals surface area contributed by atoms with E-state index in [-0.39, 0.29) is 0 Å². The first-order chi connectivity index (χ1) is 12.2. The van der Waals surface area contributed by atoms with Gasteiger partial charge in [0.2, 0.25) is 0 Å². The molecule has 6 nitrogen and oxygen atoms in total. The molecule has 0 amide bonds. The summed E-state index contributed by atoms with van der Waals surface area (Å²) in [6.07, 6.45) is 7.99. The van der Waals surface area contributed by atoms with Crippen LogP contribution >= 0.6 is 11.3 Å². The van der Waals surface area contributed by atoms with Gasteiger partial charge in [-0.3, -0.25) is 0 Å². The fourth-order valence-electron chi connectivity index (χ4n) is 2.84. The van der Waals surface area contributed by atoms with Crippen molar-refractivity contribution in [2.75, 3.05) is 38.7 Å². The number of nitrogens with one attached hydrogen (secondary N) is 2. The Kier molecular flexibility index (Phi) is 9.04. The predicted molar refractivity (Wildman–Crippen MR) is 107 cm³/mol. The maximum Gasteiger partial charge on any atom is 0.191 e. The van der Waals surface area contributed by atoms with Crippen LogP contribution in [-0.2, 0) is 11.3 Å². The lowest BCUT2D eigenvalue weighted by atomic mass is 9.98. The number of ether oxygens (including phenoxy) is 1. The van der Waals surface area contributed by atoms with E-state index in [1.807, 2.05) is 19.0 Å². The fraction of sp³-hybridized carbons (Fsp3) is 0.778. The first-order valence-corrected chi connectivity index (χ1v) is 10.3. The molecule has 0 spiro atoms. The topological polar surface area (TPSA) is 61.8 Å². The normalized spacial score (nSPS) is 16.0. The van der Waals surface area contributed by atoms with Gasteiger partial charge in [-0.2, -0.15) is 0 Å². The largest absolute Gasteiger partial charge is 0.378 e. The van der Waals surface area contributed by atoms with Gasteiger partial charge in [0.05, 0.1) is 18.3 Å². The lowest BCUT2D eigenvalue weighted by molar-refractivity contribution is 0.0277. The summed E-state index contributed by atoms with van der Waals surface area (Å²) >= 11 is 1.65. The Balaban J connectivity index is 1.67. The standard InChI is InChI=1S/C18H33N5OS/c1-4-19-17(21-13-15-14-25-18(22-15)23(2)3)20-11-8-12-24-16-9-6-5-7-10-16/h14,16H,4-13H2,1-3H3,(H2,19,20,21). The predicted octanol–water partition coefficient (Wildman–Crippen LogP) is 3.00. The van der Waals surface area contributed by atoms with E-state index in [1.54, 1.807) is 11.3 Å². The molecule has 1 saturated carbocycles. The molecule has 0 bridgehead atoms. The van der Waals surface area contributed by atoms with E-state index in [0.29, 0.717) is 12.6 Å². The maximum atomic E-state index is 5.97. The summed E-state index contributed by atoms with van der Waals surface area (Å²) in [6.45, 7) is 5.23. The van der Waals surface area contributed by atoms with E-state index in [4.69, 9.17) is 4.74 Å². The van der Waals surface area contributed by atoms with Gasteiger partial charge in [-0.1, -0.05) is 19.3 Å². The summed E-state index contributed by atoms with van der Waals surface area (Å²) in [6, 6.07) is 0. The molecule has 7 heteroatoms. The van der Waals surface area contributed by atoms with Gasteiger partial charge in [0.25, 0.3) is 0 Å². The molecular formula is C18H33N5OS. The summed E-state index contributed by atoms with van der Waals surface area (Å²) in [4.78, 5) is 11.2. The lowest BCUT2D eigenvalue weighted by Crippen LogP contribution is -2.38. The molecule has 2 N–H and O–H groups in total. The van der Waals surface area contributed by atoms with Crippen LogP contribution in [0.1, 0.15) is 51.1 Å². The number of nitrogens with zero attached hydrogens (tertiary/aromatic N) is 3. The minimum atomic E-state index is 0.492. The van der Waals surface area contributed by atoms with Crippen molar-refractivity contribution in [3.05, 3.63) is 11.1 Å². The van der Waals surface area contributed by atoms with E-state index >= 15 is 0 Å². The zero-order chi connectivity index (χ0) is 17.9. The second kappa shape index (κ2) is 11.3. The number of thiazole rings is 1. The number of aromatic nitrogens is 1. The molecule has 2 rings (SSSR count). The van der Waals surface area contributed by atoms with Crippen LogP contribution in [0.5, 0.6) is 0 Å². The zero-order valence-corrected chi connectivity index (χ0v) is 16.7. The first-order valence-electron chi connectivity index (χ1n) is 9.44. The molecule has 1 aromatic rings. The molecule has 0 saturated heterocycles. The number of aliphatic imine (C=N–C) groups is 1. The minimum Gasteiger partial charge on any atom is -0.378 e. The van der Waals surface area contributed by atoms with E-state index in [1.165, 1.54) is 32.1 Å². The highest BCUT2D eigenvalue weighted by Gasteiger charge is 2.13. The van der Waals surface area contributed by atoms with Crippen molar-refractivity contribution in [3.63, 3.8) is 0 Å². The van der Waals surface area contributed by atoms with Crippen LogP contribution in [0.25, 0.3) is 0 Å². The molecule has 142 valence electrons. The Morgan fingerprint density at radius 1 is 1.32 bits per heavy atom. The minimum absolute atomic E-state index is 0.492. The van der Waals surface area contributed by atoms with Crippen LogP contribution in [-0.4, -0.2) is 50.8 Å². The third-order valence-corrected chi connectivity index (χ3v) is 5.24. The van der Waals surface area contributed by atoms with Gasteiger partial charge in [0.15, 0.2) is 11.1 Å². The zero-order valence-electron chi connectivity index (χ0n) is 15.9. The Morgan fingerprint density at radius 3 is 2.80 bits per heavy atom. The summed E-state index contributed by atoms with van der Waals surface area (Å²) in [5.74, 6) is 0.847. The SMILES string of the molecule is CCNC(=NCc1csc(N(C)C)n1)NCCCOC1CCCCC1. The highest BCUT2D eigenvalue weighted by atomic mass is 32.1. The number of guanidine groups is 1. The van der Waals surface area contributed by atoms with E-state index < -0.39 is 0 Å². The summed E-state index contributed by atoms with van der Waals surface area (Å²) < 4.78 is 5.97. The van der Waals surface area contributed by atoms with Crippen molar-refractivity contribution in [1.82, 2.24) is 15.6 Å². The molecule has 0 atom stereocenters. The second-order valence-corrected chi connectivity index (χ2v) is 7.46. The summed E-state index contributed by atoms with van der Waals surface area (Å²) in [5.41, 5.74) is 1.01. The van der Waals surface area contributed by atoms with Gasteiger partial charge < -0.3 is 20.3 Å². The van der Waals surface area contributed by atoms with Gasteiger partial charge in [-0.15, -0.1) is 11.3 Å². The maximum absolute atomic E-state index is 5.97. The number of anilines is 1. The average Bonchev–Trinajstić information content (AvgIpc) is 3.09. The van der Waals surface area contributed by atoms with Crippen molar-refractivity contribution < 1.29 is 4.74 Å². The van der Waals surface area contributed by atoms with Crippen molar-refractivity contribution in [2.24, 2.45) is 4.99 Å². The molecule has 1 aliphatic carbocycles. The van der Waals surface area contributed by atoms with E-state index in [2.05, 4.69) is 32.9 Å². The smallest absolute Gasteiger partial charge is 0.191 e. The van der Waals surface area contributed by atoms with Crippen LogP contribution < -0.4 is 15.5 Å². The molecule has 1 aromatic heterocycles. The highest BCUT2D eigenvalue weighted by Crippen LogP contribution is 2.20.